The number of nitro groups is 1. The summed E-state index contributed by atoms with van der Waals surface area (Å²) in [5.74, 6) is 0.953. The molecule has 0 amide bonds. The molecule has 92 valence electrons. The Morgan fingerprint density at radius 3 is 2.82 bits per heavy atom. The first-order chi connectivity index (χ1) is 8.22. The van der Waals surface area contributed by atoms with Crippen molar-refractivity contribution in [1.29, 1.82) is 0 Å². The Morgan fingerprint density at radius 1 is 1.53 bits per heavy atom. The molecule has 1 aliphatic carbocycles. The number of rotatable bonds is 5. The van der Waals surface area contributed by atoms with E-state index in [1.54, 1.807) is 18.2 Å². The van der Waals surface area contributed by atoms with E-state index in [-0.39, 0.29) is 5.69 Å². The Bertz CT molecular complexity index is 416. The fourth-order valence-corrected chi connectivity index (χ4v) is 1.97. The first kappa shape index (κ1) is 11.7. The van der Waals surface area contributed by atoms with E-state index in [0.717, 1.165) is 6.54 Å². The quantitative estimate of drug-likeness (QED) is 0.630. The van der Waals surface area contributed by atoms with Crippen LogP contribution in [0.1, 0.15) is 19.3 Å². The Morgan fingerprint density at radius 2 is 2.29 bits per heavy atom. The molecule has 0 radical (unpaired) electrons. The summed E-state index contributed by atoms with van der Waals surface area (Å²) in [6, 6.07) is 5.08. The van der Waals surface area contributed by atoms with Gasteiger partial charge in [-0.05, 0) is 30.9 Å². The summed E-state index contributed by atoms with van der Waals surface area (Å²) < 4.78 is 5.01. The first-order valence-corrected chi connectivity index (χ1v) is 5.77. The van der Waals surface area contributed by atoms with Crippen molar-refractivity contribution in [3.63, 3.8) is 0 Å². The van der Waals surface area contributed by atoms with Crippen LogP contribution in [0.5, 0.6) is 5.75 Å². The van der Waals surface area contributed by atoms with Crippen molar-refractivity contribution in [3.05, 3.63) is 28.3 Å². The van der Waals surface area contributed by atoms with Crippen molar-refractivity contribution in [1.82, 2.24) is 0 Å². The number of para-hydroxylation sites is 1. The van der Waals surface area contributed by atoms with Gasteiger partial charge in [-0.2, -0.15) is 0 Å². The van der Waals surface area contributed by atoms with Gasteiger partial charge in [0, 0.05) is 6.54 Å². The average molecular weight is 236 g/mol. The highest BCUT2D eigenvalue weighted by molar-refractivity contribution is 5.68. The zero-order valence-electron chi connectivity index (χ0n) is 9.81. The number of anilines is 1. The van der Waals surface area contributed by atoms with Gasteiger partial charge >= 0.3 is 5.69 Å². The predicted octanol–water partition coefficient (Wildman–Crippen LogP) is 2.82. The minimum absolute atomic E-state index is 0.0225. The van der Waals surface area contributed by atoms with E-state index in [1.165, 1.54) is 26.4 Å². The van der Waals surface area contributed by atoms with Gasteiger partial charge in [0.2, 0.25) is 0 Å². The molecular formula is C12H16N2O3. The van der Waals surface area contributed by atoms with Crippen LogP contribution in [-0.2, 0) is 0 Å². The summed E-state index contributed by atoms with van der Waals surface area (Å²) in [6.45, 7) is 0.800. The lowest BCUT2D eigenvalue weighted by atomic mass is 9.85. The van der Waals surface area contributed by atoms with Gasteiger partial charge < -0.3 is 10.1 Å². The maximum absolute atomic E-state index is 11.0. The number of hydrogen-bond acceptors (Lipinski definition) is 4. The van der Waals surface area contributed by atoms with E-state index in [4.69, 9.17) is 4.74 Å². The molecule has 1 saturated carbocycles. The molecular weight excluding hydrogens is 220 g/mol. The van der Waals surface area contributed by atoms with E-state index in [1.807, 2.05) is 0 Å². The van der Waals surface area contributed by atoms with Crippen molar-refractivity contribution in [3.8, 4) is 5.75 Å². The lowest BCUT2D eigenvalue weighted by molar-refractivity contribution is -0.384. The van der Waals surface area contributed by atoms with Crippen LogP contribution in [0.3, 0.4) is 0 Å². The van der Waals surface area contributed by atoms with Gasteiger partial charge in [-0.3, -0.25) is 10.1 Å². The van der Waals surface area contributed by atoms with Crippen molar-refractivity contribution < 1.29 is 9.66 Å². The van der Waals surface area contributed by atoms with Gasteiger partial charge in [0.25, 0.3) is 0 Å². The molecule has 1 aliphatic rings. The molecule has 5 nitrogen and oxygen atoms in total. The molecule has 0 aliphatic heterocycles. The average Bonchev–Trinajstić information content (AvgIpc) is 2.26. The molecule has 1 aromatic carbocycles. The number of methoxy groups -OCH3 is 1. The molecule has 5 heteroatoms. The van der Waals surface area contributed by atoms with Gasteiger partial charge in [0.15, 0.2) is 5.75 Å². The topological polar surface area (TPSA) is 64.4 Å². The molecule has 0 spiro atoms. The lowest BCUT2D eigenvalue weighted by Crippen LogP contribution is -2.21. The van der Waals surface area contributed by atoms with Crippen LogP contribution in [0, 0.1) is 16.0 Å². The summed E-state index contributed by atoms with van der Waals surface area (Å²) in [7, 11) is 1.44. The maximum atomic E-state index is 11.0. The summed E-state index contributed by atoms with van der Waals surface area (Å²) in [5, 5.41) is 14.2. The van der Waals surface area contributed by atoms with Crippen LogP contribution in [0.15, 0.2) is 18.2 Å². The molecule has 0 heterocycles. The second-order valence-corrected chi connectivity index (χ2v) is 4.29. The van der Waals surface area contributed by atoms with Gasteiger partial charge in [-0.1, -0.05) is 12.5 Å². The Labute approximate surface area is 99.9 Å². The van der Waals surface area contributed by atoms with Gasteiger partial charge in [0.1, 0.15) is 5.69 Å². The fourth-order valence-electron chi connectivity index (χ4n) is 1.97. The maximum Gasteiger partial charge on any atom is 0.333 e. The van der Waals surface area contributed by atoms with E-state index in [2.05, 4.69) is 5.32 Å². The molecule has 1 N–H and O–H groups in total. The molecule has 1 fully saturated rings. The van der Waals surface area contributed by atoms with Crippen molar-refractivity contribution in [2.45, 2.75) is 19.3 Å². The SMILES string of the molecule is COc1cccc(NCC2CCC2)c1[N+](=O)[O-]. The van der Waals surface area contributed by atoms with Crippen LogP contribution in [0.25, 0.3) is 0 Å². The van der Waals surface area contributed by atoms with E-state index < -0.39 is 4.92 Å². The van der Waals surface area contributed by atoms with Gasteiger partial charge in [-0.15, -0.1) is 0 Å². The summed E-state index contributed by atoms with van der Waals surface area (Å²) in [5.41, 5.74) is 0.565. The Balaban J connectivity index is 2.16. The number of nitrogens with one attached hydrogen (secondary N) is 1. The largest absolute Gasteiger partial charge is 0.490 e. The van der Waals surface area contributed by atoms with E-state index in [0.29, 0.717) is 17.4 Å². The van der Waals surface area contributed by atoms with Crippen LogP contribution < -0.4 is 10.1 Å². The molecule has 17 heavy (non-hydrogen) atoms. The minimum atomic E-state index is -0.401. The van der Waals surface area contributed by atoms with E-state index >= 15 is 0 Å². The highest BCUT2D eigenvalue weighted by atomic mass is 16.6. The first-order valence-electron chi connectivity index (χ1n) is 5.77. The van der Waals surface area contributed by atoms with Crippen LogP contribution in [-0.4, -0.2) is 18.6 Å². The third-order valence-electron chi connectivity index (χ3n) is 3.21. The predicted molar refractivity (Wildman–Crippen MR) is 65.5 cm³/mol. The van der Waals surface area contributed by atoms with Crippen molar-refractivity contribution >= 4 is 11.4 Å². The second-order valence-electron chi connectivity index (χ2n) is 4.29. The van der Waals surface area contributed by atoms with Crippen molar-refractivity contribution in [2.75, 3.05) is 19.0 Å². The summed E-state index contributed by atoms with van der Waals surface area (Å²) >= 11 is 0. The Hall–Kier alpha value is -1.78. The highest BCUT2D eigenvalue weighted by Gasteiger charge is 2.22. The standard InChI is InChI=1S/C12H16N2O3/c1-17-11-7-3-6-10(12(11)14(15)16)13-8-9-4-2-5-9/h3,6-7,9,13H,2,4-5,8H2,1H3. The fraction of sp³-hybridized carbons (Fsp3) is 0.500. The number of ether oxygens (including phenoxy) is 1. The molecule has 0 bridgehead atoms. The molecule has 0 saturated heterocycles. The molecule has 1 aromatic rings. The zero-order chi connectivity index (χ0) is 12.3. The van der Waals surface area contributed by atoms with Crippen molar-refractivity contribution in [2.24, 2.45) is 5.92 Å². The monoisotopic (exact) mass is 236 g/mol. The van der Waals surface area contributed by atoms with Crippen LogP contribution in [0.2, 0.25) is 0 Å². The van der Waals surface area contributed by atoms with Gasteiger partial charge in [0.05, 0.1) is 12.0 Å². The normalized spacial score (nSPS) is 15.1. The third kappa shape index (κ3) is 2.49. The molecule has 0 atom stereocenters. The minimum Gasteiger partial charge on any atom is -0.490 e. The van der Waals surface area contributed by atoms with Crippen LogP contribution >= 0.6 is 0 Å². The van der Waals surface area contributed by atoms with Crippen LogP contribution in [0.4, 0.5) is 11.4 Å². The number of nitrogens with zero attached hydrogens (tertiary/aromatic N) is 1. The Kier molecular flexibility index (Phi) is 3.46. The number of nitro benzene ring substituents is 1. The second kappa shape index (κ2) is 5.03. The van der Waals surface area contributed by atoms with E-state index in [9.17, 15) is 10.1 Å². The summed E-state index contributed by atoms with van der Waals surface area (Å²) in [6.07, 6.45) is 3.70. The smallest absolute Gasteiger partial charge is 0.333 e. The highest BCUT2D eigenvalue weighted by Crippen LogP contribution is 2.35. The lowest BCUT2D eigenvalue weighted by Gasteiger charge is -2.25. The third-order valence-corrected chi connectivity index (χ3v) is 3.21. The number of hydrogen-bond donors (Lipinski definition) is 1. The zero-order valence-corrected chi connectivity index (χ0v) is 9.81. The van der Waals surface area contributed by atoms with Gasteiger partial charge in [-0.25, -0.2) is 0 Å². The molecule has 0 aromatic heterocycles. The number of benzene rings is 1. The molecule has 2 rings (SSSR count). The molecule has 0 unspecified atom stereocenters. The summed E-state index contributed by atoms with van der Waals surface area (Å²) in [4.78, 5) is 10.6.